The number of anilines is 1. The number of nitrogens with zero attached hydrogens (tertiary/aromatic N) is 5. The van der Waals surface area contributed by atoms with Crippen molar-refractivity contribution in [3.63, 3.8) is 0 Å². The van der Waals surface area contributed by atoms with Crippen molar-refractivity contribution in [2.45, 2.75) is 19.8 Å². The minimum atomic E-state index is -0.252. The highest BCUT2D eigenvalue weighted by molar-refractivity contribution is 5.99. The van der Waals surface area contributed by atoms with E-state index in [1.165, 1.54) is 23.1 Å². The summed E-state index contributed by atoms with van der Waals surface area (Å²) < 4.78 is 6.79. The maximum atomic E-state index is 12.9. The van der Waals surface area contributed by atoms with Crippen LogP contribution in [0.15, 0.2) is 58.2 Å². The minimum Gasteiger partial charge on any atom is -0.443 e. The second-order valence-electron chi connectivity index (χ2n) is 7.05. The van der Waals surface area contributed by atoms with Crippen LogP contribution in [-0.4, -0.2) is 30.3 Å². The summed E-state index contributed by atoms with van der Waals surface area (Å²) in [5, 5.41) is 0. The summed E-state index contributed by atoms with van der Waals surface area (Å²) in [4.78, 5) is 42.2. The molecule has 31 heavy (non-hydrogen) atoms. The number of aromatic nitrogens is 5. The molecule has 2 N–H and O–H groups in total. The van der Waals surface area contributed by atoms with E-state index in [2.05, 4.69) is 19.9 Å². The van der Waals surface area contributed by atoms with Crippen LogP contribution in [0.1, 0.15) is 28.3 Å². The van der Waals surface area contributed by atoms with Crippen molar-refractivity contribution in [1.29, 1.82) is 0 Å². The van der Waals surface area contributed by atoms with Crippen molar-refractivity contribution in [1.82, 2.24) is 24.5 Å². The third-order valence-electron chi connectivity index (χ3n) is 4.74. The average Bonchev–Trinajstić information content (AvgIpc) is 3.29. The number of nitrogen functional groups attached to an aromatic ring is 1. The Hall–Kier alpha value is -4.14. The average molecular weight is 416 g/mol. The van der Waals surface area contributed by atoms with E-state index in [9.17, 15) is 9.59 Å². The van der Waals surface area contributed by atoms with E-state index in [1.54, 1.807) is 19.3 Å². The smallest absolute Gasteiger partial charge is 0.250 e. The van der Waals surface area contributed by atoms with Gasteiger partial charge in [0.1, 0.15) is 17.7 Å². The molecule has 4 aromatic heterocycles. The molecule has 0 aliphatic carbocycles. The molecule has 9 nitrogen and oxygen atoms in total. The summed E-state index contributed by atoms with van der Waals surface area (Å²) in [6.07, 6.45) is 5.13. The molecule has 0 saturated heterocycles. The van der Waals surface area contributed by atoms with Crippen molar-refractivity contribution in [3.05, 3.63) is 76.4 Å². The van der Waals surface area contributed by atoms with Gasteiger partial charge in [0, 0.05) is 42.7 Å². The Morgan fingerprint density at radius 3 is 2.68 bits per heavy atom. The van der Waals surface area contributed by atoms with Gasteiger partial charge in [-0.1, -0.05) is 6.07 Å². The Balaban J connectivity index is 1.74. The van der Waals surface area contributed by atoms with Crippen molar-refractivity contribution < 1.29 is 9.21 Å². The molecule has 4 aromatic rings. The molecule has 156 valence electrons. The van der Waals surface area contributed by atoms with Gasteiger partial charge in [-0.25, -0.2) is 15.0 Å². The molecule has 0 unspecified atom stereocenters. The highest BCUT2D eigenvalue weighted by Gasteiger charge is 2.22. The third-order valence-corrected chi connectivity index (χ3v) is 4.74. The molecule has 0 amide bonds. The summed E-state index contributed by atoms with van der Waals surface area (Å²) >= 11 is 0. The molecule has 4 heterocycles. The van der Waals surface area contributed by atoms with E-state index in [1.807, 2.05) is 25.1 Å². The highest BCUT2D eigenvalue weighted by Crippen LogP contribution is 2.29. The van der Waals surface area contributed by atoms with Gasteiger partial charge in [-0.05, 0) is 31.5 Å². The van der Waals surface area contributed by atoms with Crippen molar-refractivity contribution in [2.24, 2.45) is 7.05 Å². The summed E-state index contributed by atoms with van der Waals surface area (Å²) in [6.45, 7) is 1.90. The molecular weight excluding hydrogens is 396 g/mol. The molecule has 0 aromatic carbocycles. The number of carbonyl (C=O) groups excluding carboxylic acids is 1. The van der Waals surface area contributed by atoms with Gasteiger partial charge in [-0.2, -0.15) is 0 Å². The molecule has 0 aliphatic rings. The quantitative estimate of drug-likeness (QED) is 0.475. The van der Waals surface area contributed by atoms with Crippen molar-refractivity contribution in [3.8, 4) is 22.8 Å². The van der Waals surface area contributed by atoms with Crippen LogP contribution in [0, 0.1) is 6.92 Å². The standard InChI is InChI=1S/C22H20N6O3/c1-13-4-3-5-15(25-13)7-8-16(29)19-21(23)27-20(22-24-10-11-31-22)18(26-19)14-6-9-17(30)28(2)12-14/h3-6,9-12H,7-8H2,1-2H3,(H2,23,27). The number of pyridine rings is 2. The van der Waals surface area contributed by atoms with Crippen LogP contribution >= 0.6 is 0 Å². The molecule has 9 heteroatoms. The molecule has 0 bridgehead atoms. The SMILES string of the molecule is Cc1cccc(CCC(=O)c2nc(-c3ccc(=O)n(C)c3)c(-c3ncco3)nc2N)n1. The molecule has 0 fully saturated rings. The van der Waals surface area contributed by atoms with Gasteiger partial charge in [0.05, 0.1) is 6.20 Å². The second-order valence-corrected chi connectivity index (χ2v) is 7.05. The Kier molecular flexibility index (Phi) is 5.40. The Labute approximate surface area is 177 Å². The monoisotopic (exact) mass is 416 g/mol. The lowest BCUT2D eigenvalue weighted by Crippen LogP contribution is -2.15. The van der Waals surface area contributed by atoms with Crippen LogP contribution in [0.5, 0.6) is 0 Å². The topological polar surface area (TPSA) is 130 Å². The first-order chi connectivity index (χ1) is 14.9. The summed E-state index contributed by atoms with van der Waals surface area (Å²) in [7, 11) is 1.63. The predicted molar refractivity (Wildman–Crippen MR) is 114 cm³/mol. The number of rotatable bonds is 6. The summed E-state index contributed by atoms with van der Waals surface area (Å²) in [6, 6.07) is 8.70. The summed E-state index contributed by atoms with van der Waals surface area (Å²) in [5.74, 6) is -0.0479. The van der Waals surface area contributed by atoms with Gasteiger partial charge in [-0.15, -0.1) is 0 Å². The van der Waals surface area contributed by atoms with Gasteiger partial charge in [0.25, 0.3) is 0 Å². The molecule has 4 rings (SSSR count). The fourth-order valence-electron chi connectivity index (χ4n) is 3.18. The van der Waals surface area contributed by atoms with Gasteiger partial charge in [0.15, 0.2) is 17.3 Å². The molecular formula is C22H20N6O3. The number of nitrogens with two attached hydrogens (primary N) is 1. The molecule has 0 atom stereocenters. The Bertz CT molecular complexity index is 1310. The number of ketones is 1. The lowest BCUT2D eigenvalue weighted by atomic mass is 10.1. The Morgan fingerprint density at radius 1 is 1.13 bits per heavy atom. The van der Waals surface area contributed by atoms with E-state index in [0.29, 0.717) is 17.7 Å². The zero-order chi connectivity index (χ0) is 22.0. The second kappa shape index (κ2) is 8.31. The first-order valence-corrected chi connectivity index (χ1v) is 9.62. The lowest BCUT2D eigenvalue weighted by Gasteiger charge is -2.11. The molecule has 0 aliphatic heterocycles. The number of Topliss-reactive ketones (excluding diaryl/α,β-unsaturated/α-hetero) is 1. The number of carbonyl (C=O) groups is 1. The van der Waals surface area contributed by atoms with E-state index >= 15 is 0 Å². The maximum absolute atomic E-state index is 12.9. The summed E-state index contributed by atoms with van der Waals surface area (Å²) in [5.41, 5.74) is 8.90. The number of aryl methyl sites for hydroxylation is 3. The van der Waals surface area contributed by atoms with Crippen LogP contribution in [0.3, 0.4) is 0 Å². The lowest BCUT2D eigenvalue weighted by molar-refractivity contribution is 0.0978. The van der Waals surface area contributed by atoms with Gasteiger partial charge in [0.2, 0.25) is 11.4 Å². The van der Waals surface area contributed by atoms with Gasteiger partial charge in [-0.3, -0.25) is 14.6 Å². The minimum absolute atomic E-state index is 0.0102. The zero-order valence-electron chi connectivity index (χ0n) is 17.1. The largest absolute Gasteiger partial charge is 0.443 e. The fraction of sp³-hybridized carbons (Fsp3) is 0.182. The number of oxazole rings is 1. The van der Waals surface area contributed by atoms with Crippen molar-refractivity contribution in [2.75, 3.05) is 5.73 Å². The van der Waals surface area contributed by atoms with Crippen LogP contribution in [0.2, 0.25) is 0 Å². The number of hydrogen-bond acceptors (Lipinski definition) is 8. The van der Waals surface area contributed by atoms with E-state index in [4.69, 9.17) is 10.2 Å². The molecule has 0 saturated carbocycles. The Morgan fingerprint density at radius 2 is 1.97 bits per heavy atom. The predicted octanol–water partition coefficient (Wildman–Crippen LogP) is 2.60. The van der Waals surface area contributed by atoms with Crippen molar-refractivity contribution >= 4 is 11.6 Å². The fourth-order valence-corrected chi connectivity index (χ4v) is 3.18. The van der Waals surface area contributed by atoms with E-state index < -0.39 is 0 Å². The van der Waals surface area contributed by atoms with E-state index in [-0.39, 0.29) is 40.9 Å². The normalized spacial score (nSPS) is 10.9. The van der Waals surface area contributed by atoms with Gasteiger partial charge >= 0.3 is 0 Å². The maximum Gasteiger partial charge on any atom is 0.250 e. The van der Waals surface area contributed by atoms with Crippen LogP contribution in [0.25, 0.3) is 22.8 Å². The molecule has 0 radical (unpaired) electrons. The molecule has 0 spiro atoms. The van der Waals surface area contributed by atoms with Crippen LogP contribution in [0.4, 0.5) is 5.82 Å². The van der Waals surface area contributed by atoms with E-state index in [0.717, 1.165) is 11.4 Å². The zero-order valence-corrected chi connectivity index (χ0v) is 17.1. The van der Waals surface area contributed by atoms with Crippen LogP contribution < -0.4 is 11.3 Å². The number of hydrogen-bond donors (Lipinski definition) is 1. The first-order valence-electron chi connectivity index (χ1n) is 9.62. The third kappa shape index (κ3) is 4.25. The highest BCUT2D eigenvalue weighted by atomic mass is 16.3. The first kappa shape index (κ1) is 20.1. The van der Waals surface area contributed by atoms with Gasteiger partial charge < -0.3 is 14.7 Å². The van der Waals surface area contributed by atoms with Crippen LogP contribution in [-0.2, 0) is 13.5 Å².